The van der Waals surface area contributed by atoms with Crippen molar-refractivity contribution in [3.63, 3.8) is 0 Å². The van der Waals surface area contributed by atoms with Crippen molar-refractivity contribution in [2.45, 2.75) is 0 Å². The molecule has 0 unspecified atom stereocenters. The first kappa shape index (κ1) is 15.7. The molecule has 0 bridgehead atoms. The van der Waals surface area contributed by atoms with E-state index in [-0.39, 0.29) is 5.56 Å². The number of fused-ring (bicyclic) bond motifs is 2. The highest BCUT2D eigenvalue weighted by Gasteiger charge is 2.14. The maximum Gasteiger partial charge on any atom is 0.336 e. The third kappa shape index (κ3) is 2.75. The van der Waals surface area contributed by atoms with Crippen molar-refractivity contribution in [1.29, 1.82) is 0 Å². The number of carbonyl (C=O) groups is 1. The fraction of sp³-hybridized carbons (Fsp3) is 0. The Morgan fingerprint density at radius 3 is 2.28 bits per heavy atom. The Morgan fingerprint density at radius 2 is 1.52 bits per heavy atom. The van der Waals surface area contributed by atoms with Crippen molar-refractivity contribution in [2.75, 3.05) is 0 Å². The molecule has 0 atom stereocenters. The molecule has 1 N–H and O–H groups in total. The Morgan fingerprint density at radius 1 is 0.800 bits per heavy atom. The Hall–Kier alpha value is -2.85. The molecule has 25 heavy (non-hydrogen) atoms. The average Bonchev–Trinajstić information content (AvgIpc) is 2.64. The minimum atomic E-state index is -0.970. The van der Waals surface area contributed by atoms with E-state index in [9.17, 15) is 9.90 Å². The first-order valence-corrected chi connectivity index (χ1v) is 8.54. The number of carboxylic acids is 1. The Bertz CT molecular complexity index is 1110. The molecule has 0 saturated carbocycles. The van der Waals surface area contributed by atoms with Gasteiger partial charge in [0.15, 0.2) is 0 Å². The normalized spacial score (nSPS) is 10.9. The van der Waals surface area contributed by atoms with Crippen LogP contribution in [-0.4, -0.2) is 11.1 Å². The van der Waals surface area contributed by atoms with Gasteiger partial charge in [0.25, 0.3) is 0 Å². The monoisotopic (exact) mass is 392 g/mol. The first-order valence-electron chi connectivity index (χ1n) is 7.75. The van der Waals surface area contributed by atoms with E-state index in [1.54, 1.807) is 18.2 Å². The summed E-state index contributed by atoms with van der Waals surface area (Å²) in [4.78, 5) is 11.6. The summed E-state index contributed by atoms with van der Waals surface area (Å²) >= 11 is 3.55. The van der Waals surface area contributed by atoms with Crippen LogP contribution in [0.1, 0.15) is 10.4 Å². The average molecular weight is 393 g/mol. The molecule has 0 aliphatic rings. The lowest BCUT2D eigenvalue weighted by Gasteiger charge is -2.13. The quantitative estimate of drug-likeness (QED) is 0.448. The smallest absolute Gasteiger partial charge is 0.336 e. The van der Waals surface area contributed by atoms with Crippen LogP contribution in [-0.2, 0) is 0 Å². The number of hydrogen-bond donors (Lipinski definition) is 1. The van der Waals surface area contributed by atoms with Gasteiger partial charge in [0, 0.05) is 15.2 Å². The summed E-state index contributed by atoms with van der Waals surface area (Å²) in [5.74, 6) is 0.247. The molecule has 4 rings (SSSR count). The van der Waals surface area contributed by atoms with Gasteiger partial charge >= 0.3 is 5.97 Å². The van der Waals surface area contributed by atoms with Crippen molar-refractivity contribution >= 4 is 43.4 Å². The molecule has 0 saturated heterocycles. The standard InChI is InChI=1S/C21H13BrO3/c22-17-11-12-18(15-8-2-1-7-14(15)17)25-19-10-4-6-13-5-3-9-16(20(13)19)21(23)24/h1-12H,(H,23,24). The first-order chi connectivity index (χ1) is 12.1. The van der Waals surface area contributed by atoms with E-state index >= 15 is 0 Å². The lowest BCUT2D eigenvalue weighted by Crippen LogP contribution is -1.99. The molecular formula is C21H13BrO3. The molecule has 0 radical (unpaired) electrons. The zero-order valence-corrected chi connectivity index (χ0v) is 14.7. The maximum atomic E-state index is 11.6. The second-order valence-electron chi connectivity index (χ2n) is 5.66. The van der Waals surface area contributed by atoms with Crippen LogP contribution in [0.4, 0.5) is 0 Å². The van der Waals surface area contributed by atoms with Crippen LogP contribution in [0.15, 0.2) is 77.3 Å². The van der Waals surface area contributed by atoms with Gasteiger partial charge in [0.2, 0.25) is 0 Å². The lowest BCUT2D eigenvalue weighted by atomic mass is 10.0. The van der Waals surface area contributed by atoms with E-state index in [1.165, 1.54) is 0 Å². The molecule has 4 heteroatoms. The Balaban J connectivity index is 1.93. The fourth-order valence-corrected chi connectivity index (χ4v) is 3.49. The van der Waals surface area contributed by atoms with Crippen LogP contribution >= 0.6 is 15.9 Å². The molecule has 0 spiro atoms. The zero-order valence-electron chi connectivity index (χ0n) is 13.1. The van der Waals surface area contributed by atoms with Crippen LogP contribution < -0.4 is 4.74 Å². The summed E-state index contributed by atoms with van der Waals surface area (Å²) < 4.78 is 7.15. The van der Waals surface area contributed by atoms with E-state index < -0.39 is 5.97 Å². The van der Waals surface area contributed by atoms with Crippen molar-refractivity contribution in [1.82, 2.24) is 0 Å². The van der Waals surface area contributed by atoms with Gasteiger partial charge in [-0.25, -0.2) is 4.79 Å². The molecule has 0 heterocycles. The molecule has 4 aromatic rings. The molecule has 122 valence electrons. The number of ether oxygens (including phenoxy) is 1. The van der Waals surface area contributed by atoms with Gasteiger partial charge in [-0.1, -0.05) is 64.5 Å². The molecule has 0 aliphatic heterocycles. The number of carboxylic acid groups (broad SMARTS) is 1. The highest BCUT2D eigenvalue weighted by Crippen LogP contribution is 2.37. The number of hydrogen-bond acceptors (Lipinski definition) is 2. The van der Waals surface area contributed by atoms with Gasteiger partial charge < -0.3 is 9.84 Å². The summed E-state index contributed by atoms with van der Waals surface area (Å²) in [5.41, 5.74) is 0.231. The predicted octanol–water partition coefficient (Wildman–Crippen LogP) is 6.25. The molecule has 0 fully saturated rings. The number of halogens is 1. The van der Waals surface area contributed by atoms with Crippen LogP contribution in [0.25, 0.3) is 21.5 Å². The third-order valence-electron chi connectivity index (χ3n) is 4.15. The van der Waals surface area contributed by atoms with Crippen molar-refractivity contribution in [3.8, 4) is 11.5 Å². The molecule has 0 amide bonds. The summed E-state index contributed by atoms with van der Waals surface area (Å²) in [6, 6.07) is 22.5. The van der Waals surface area contributed by atoms with Crippen LogP contribution in [0.5, 0.6) is 11.5 Å². The minimum Gasteiger partial charge on any atom is -0.478 e. The molecule has 3 nitrogen and oxygen atoms in total. The van der Waals surface area contributed by atoms with Crippen LogP contribution in [0.3, 0.4) is 0 Å². The molecule has 0 aromatic heterocycles. The van der Waals surface area contributed by atoms with E-state index in [2.05, 4.69) is 15.9 Å². The summed E-state index contributed by atoms with van der Waals surface area (Å²) in [6.07, 6.45) is 0. The fourth-order valence-electron chi connectivity index (χ4n) is 3.01. The third-order valence-corrected chi connectivity index (χ3v) is 4.84. The number of aromatic carboxylic acids is 1. The molecular weight excluding hydrogens is 380 g/mol. The van der Waals surface area contributed by atoms with Gasteiger partial charge in [-0.05, 0) is 35.0 Å². The number of benzene rings is 4. The second kappa shape index (κ2) is 6.22. The topological polar surface area (TPSA) is 46.5 Å². The largest absolute Gasteiger partial charge is 0.478 e. The molecule has 4 aromatic carbocycles. The van der Waals surface area contributed by atoms with Gasteiger partial charge in [-0.15, -0.1) is 0 Å². The Labute approximate surface area is 152 Å². The van der Waals surface area contributed by atoms with Crippen LogP contribution in [0, 0.1) is 0 Å². The van der Waals surface area contributed by atoms with Crippen molar-refractivity contribution < 1.29 is 14.6 Å². The van der Waals surface area contributed by atoms with Crippen LogP contribution in [0.2, 0.25) is 0 Å². The molecule has 0 aliphatic carbocycles. The Kier molecular flexibility index (Phi) is 3.90. The van der Waals surface area contributed by atoms with E-state index in [4.69, 9.17) is 4.74 Å². The van der Waals surface area contributed by atoms with Gasteiger partial charge in [-0.3, -0.25) is 0 Å². The van der Waals surface area contributed by atoms with Crippen molar-refractivity contribution in [2.24, 2.45) is 0 Å². The summed E-state index contributed by atoms with van der Waals surface area (Å²) in [7, 11) is 0. The van der Waals surface area contributed by atoms with Gasteiger partial charge in [0.05, 0.1) is 5.56 Å². The van der Waals surface area contributed by atoms with E-state index in [0.29, 0.717) is 16.9 Å². The number of rotatable bonds is 3. The highest BCUT2D eigenvalue weighted by molar-refractivity contribution is 9.10. The SMILES string of the molecule is O=C(O)c1cccc2cccc(Oc3ccc(Br)c4ccccc34)c12. The van der Waals surface area contributed by atoms with E-state index in [0.717, 1.165) is 20.6 Å². The van der Waals surface area contributed by atoms with E-state index in [1.807, 2.05) is 54.6 Å². The second-order valence-corrected chi connectivity index (χ2v) is 6.51. The summed E-state index contributed by atoms with van der Waals surface area (Å²) in [5, 5.41) is 13.0. The maximum absolute atomic E-state index is 11.6. The summed E-state index contributed by atoms with van der Waals surface area (Å²) in [6.45, 7) is 0. The van der Waals surface area contributed by atoms with Crippen molar-refractivity contribution in [3.05, 3.63) is 82.8 Å². The zero-order chi connectivity index (χ0) is 17.4. The minimum absolute atomic E-state index is 0.231. The highest BCUT2D eigenvalue weighted by atomic mass is 79.9. The van der Waals surface area contributed by atoms with Gasteiger partial charge in [0.1, 0.15) is 11.5 Å². The lowest BCUT2D eigenvalue weighted by molar-refractivity contribution is 0.0699. The van der Waals surface area contributed by atoms with Gasteiger partial charge in [-0.2, -0.15) is 0 Å². The predicted molar refractivity (Wildman–Crippen MR) is 103 cm³/mol.